The molecule has 116 valence electrons. The van der Waals surface area contributed by atoms with Crippen molar-refractivity contribution in [3.05, 3.63) is 66.1 Å². The summed E-state index contributed by atoms with van der Waals surface area (Å²) in [5.74, 6) is 0.507. The minimum Gasteiger partial charge on any atom is -0.382 e. The van der Waals surface area contributed by atoms with E-state index in [2.05, 4.69) is 15.3 Å². The molecular weight excluding hydrogens is 288 g/mol. The quantitative estimate of drug-likeness (QED) is 0.594. The minimum absolute atomic E-state index is 0.507. The van der Waals surface area contributed by atoms with Crippen LogP contribution in [0.3, 0.4) is 0 Å². The van der Waals surface area contributed by atoms with E-state index in [1.807, 2.05) is 67.3 Å². The average molecular weight is 307 g/mol. The van der Waals surface area contributed by atoms with Crippen LogP contribution in [0.25, 0.3) is 0 Å². The summed E-state index contributed by atoms with van der Waals surface area (Å²) in [5, 5.41) is 12.7. The van der Waals surface area contributed by atoms with Gasteiger partial charge >= 0.3 is 0 Å². The predicted octanol–water partition coefficient (Wildman–Crippen LogP) is 3.06. The molecule has 0 saturated heterocycles. The minimum atomic E-state index is 0.507. The highest BCUT2D eigenvalue weighted by molar-refractivity contribution is 5.56. The van der Waals surface area contributed by atoms with E-state index < -0.39 is 0 Å². The molecule has 2 heterocycles. The number of hydrogen-bond acceptors (Lipinski definition) is 4. The molecular formula is C17H19N6+. The van der Waals surface area contributed by atoms with Crippen LogP contribution >= 0.6 is 0 Å². The van der Waals surface area contributed by atoms with Crippen molar-refractivity contribution in [1.82, 2.24) is 9.78 Å². The van der Waals surface area contributed by atoms with Crippen molar-refractivity contribution in [3.8, 4) is 0 Å². The summed E-state index contributed by atoms with van der Waals surface area (Å²) in [6, 6.07) is 11.9. The summed E-state index contributed by atoms with van der Waals surface area (Å²) in [7, 11) is 1.98. The van der Waals surface area contributed by atoms with Gasteiger partial charge in [0.1, 0.15) is 18.6 Å². The van der Waals surface area contributed by atoms with Crippen molar-refractivity contribution >= 4 is 17.2 Å². The number of nitrogens with zero attached hydrogens (tertiary/aromatic N) is 5. The second-order valence-corrected chi connectivity index (χ2v) is 5.49. The molecule has 0 saturated carbocycles. The van der Waals surface area contributed by atoms with Gasteiger partial charge in [0.05, 0.1) is 18.4 Å². The largest absolute Gasteiger partial charge is 0.382 e. The highest BCUT2D eigenvalue weighted by Crippen LogP contribution is 2.24. The van der Waals surface area contributed by atoms with Gasteiger partial charge in [0.25, 0.3) is 0 Å². The number of nitrogen functional groups attached to an aromatic ring is 1. The number of aromatic nitrogens is 3. The Hall–Kier alpha value is -3.02. The zero-order valence-electron chi connectivity index (χ0n) is 13.2. The van der Waals surface area contributed by atoms with Gasteiger partial charge in [0.15, 0.2) is 12.4 Å². The Morgan fingerprint density at radius 3 is 2.70 bits per heavy atom. The summed E-state index contributed by atoms with van der Waals surface area (Å²) in [6.07, 6.45) is 5.65. The first-order valence-electron chi connectivity index (χ1n) is 7.36. The lowest BCUT2D eigenvalue weighted by atomic mass is 10.2. The Kier molecular flexibility index (Phi) is 4.14. The van der Waals surface area contributed by atoms with Crippen LogP contribution in [0.2, 0.25) is 0 Å². The predicted molar refractivity (Wildman–Crippen MR) is 88.7 cm³/mol. The van der Waals surface area contributed by atoms with Crippen LogP contribution in [0.15, 0.2) is 65.2 Å². The molecule has 0 atom stereocenters. The number of pyridine rings is 1. The molecule has 0 aliphatic rings. The molecule has 6 heteroatoms. The third-order valence-corrected chi connectivity index (χ3v) is 3.50. The van der Waals surface area contributed by atoms with Gasteiger partial charge in [-0.2, -0.15) is 10.2 Å². The third-order valence-electron chi connectivity index (χ3n) is 3.50. The Labute approximate surface area is 134 Å². The van der Waals surface area contributed by atoms with E-state index in [1.165, 1.54) is 5.56 Å². The standard InChI is InChI=1S/C17H19N6/c1-13-5-7-15(8-6-13)20-21-16-10-19-23(17(16)18)12-14-4-3-9-22(2)11-14/h3-11H,12,18H2,1-2H3/q+1. The molecule has 0 spiro atoms. The first-order valence-corrected chi connectivity index (χ1v) is 7.36. The van der Waals surface area contributed by atoms with E-state index in [0.717, 1.165) is 11.3 Å². The first kappa shape index (κ1) is 14.9. The van der Waals surface area contributed by atoms with Crippen molar-refractivity contribution < 1.29 is 4.57 Å². The molecule has 0 aliphatic carbocycles. The van der Waals surface area contributed by atoms with Crippen LogP contribution in [-0.2, 0) is 13.6 Å². The summed E-state index contributed by atoms with van der Waals surface area (Å²) in [5.41, 5.74) is 9.79. The van der Waals surface area contributed by atoms with E-state index in [4.69, 9.17) is 5.73 Å². The van der Waals surface area contributed by atoms with Gasteiger partial charge in [-0.3, -0.25) is 0 Å². The number of benzene rings is 1. The Bertz CT molecular complexity index is 833. The van der Waals surface area contributed by atoms with Crippen LogP contribution in [-0.4, -0.2) is 9.78 Å². The second kappa shape index (κ2) is 6.39. The maximum Gasteiger partial charge on any atom is 0.173 e. The molecule has 3 rings (SSSR count). The molecule has 0 bridgehead atoms. The van der Waals surface area contributed by atoms with Gasteiger partial charge in [0, 0.05) is 11.6 Å². The van der Waals surface area contributed by atoms with Crippen molar-refractivity contribution in [2.75, 3.05) is 5.73 Å². The average Bonchev–Trinajstić information content (AvgIpc) is 2.87. The zero-order valence-corrected chi connectivity index (χ0v) is 13.2. The fourth-order valence-electron chi connectivity index (χ4n) is 2.23. The van der Waals surface area contributed by atoms with Gasteiger partial charge in [-0.25, -0.2) is 9.25 Å². The number of aryl methyl sites for hydroxylation is 2. The summed E-state index contributed by atoms with van der Waals surface area (Å²) >= 11 is 0. The number of hydrogen-bond donors (Lipinski definition) is 1. The molecule has 1 aromatic carbocycles. The topological polar surface area (TPSA) is 72.4 Å². The molecule has 0 aliphatic heterocycles. The number of nitrogens with two attached hydrogens (primary N) is 1. The van der Waals surface area contributed by atoms with Crippen molar-refractivity contribution in [1.29, 1.82) is 0 Å². The lowest BCUT2D eigenvalue weighted by molar-refractivity contribution is -0.671. The van der Waals surface area contributed by atoms with E-state index >= 15 is 0 Å². The van der Waals surface area contributed by atoms with Crippen molar-refractivity contribution in [2.45, 2.75) is 13.5 Å². The third kappa shape index (κ3) is 3.60. The van der Waals surface area contributed by atoms with Crippen LogP contribution < -0.4 is 10.3 Å². The maximum absolute atomic E-state index is 6.12. The van der Waals surface area contributed by atoms with E-state index in [1.54, 1.807) is 10.9 Å². The van der Waals surface area contributed by atoms with Crippen LogP contribution in [0, 0.1) is 6.92 Å². The fraction of sp³-hybridized carbons (Fsp3) is 0.176. The summed E-state index contributed by atoms with van der Waals surface area (Å²) in [6.45, 7) is 2.63. The lowest BCUT2D eigenvalue weighted by Gasteiger charge is -2.03. The molecule has 0 amide bonds. The maximum atomic E-state index is 6.12. The van der Waals surface area contributed by atoms with Crippen LogP contribution in [0.1, 0.15) is 11.1 Å². The number of azo groups is 1. The zero-order chi connectivity index (χ0) is 16.2. The molecule has 3 aromatic rings. The summed E-state index contributed by atoms with van der Waals surface area (Å²) < 4.78 is 3.71. The van der Waals surface area contributed by atoms with Gasteiger partial charge < -0.3 is 5.73 Å². The number of rotatable bonds is 4. The monoisotopic (exact) mass is 307 g/mol. The fourth-order valence-corrected chi connectivity index (χ4v) is 2.23. The second-order valence-electron chi connectivity index (χ2n) is 5.49. The van der Waals surface area contributed by atoms with E-state index in [-0.39, 0.29) is 0 Å². The molecule has 6 nitrogen and oxygen atoms in total. The van der Waals surface area contributed by atoms with Crippen LogP contribution in [0.5, 0.6) is 0 Å². The lowest BCUT2D eigenvalue weighted by Crippen LogP contribution is -2.27. The molecule has 23 heavy (non-hydrogen) atoms. The molecule has 2 N–H and O–H groups in total. The Morgan fingerprint density at radius 1 is 1.17 bits per heavy atom. The molecule has 0 radical (unpaired) electrons. The van der Waals surface area contributed by atoms with Gasteiger partial charge in [-0.05, 0) is 25.1 Å². The Balaban J connectivity index is 1.77. The van der Waals surface area contributed by atoms with Crippen molar-refractivity contribution in [2.24, 2.45) is 17.3 Å². The van der Waals surface area contributed by atoms with Gasteiger partial charge in [0.2, 0.25) is 0 Å². The molecule has 0 unspecified atom stereocenters. The normalized spacial score (nSPS) is 11.2. The summed E-state index contributed by atoms with van der Waals surface area (Å²) in [4.78, 5) is 0. The molecule has 2 aromatic heterocycles. The van der Waals surface area contributed by atoms with Gasteiger partial charge in [-0.1, -0.05) is 17.7 Å². The van der Waals surface area contributed by atoms with E-state index in [9.17, 15) is 0 Å². The number of anilines is 1. The smallest absolute Gasteiger partial charge is 0.173 e. The highest BCUT2D eigenvalue weighted by Gasteiger charge is 2.08. The first-order chi connectivity index (χ1) is 11.1. The Morgan fingerprint density at radius 2 is 1.96 bits per heavy atom. The van der Waals surface area contributed by atoms with Gasteiger partial charge in [-0.15, -0.1) is 5.11 Å². The van der Waals surface area contributed by atoms with E-state index in [0.29, 0.717) is 18.1 Å². The molecule has 0 fully saturated rings. The van der Waals surface area contributed by atoms with Crippen molar-refractivity contribution in [3.63, 3.8) is 0 Å². The highest BCUT2D eigenvalue weighted by atomic mass is 15.3. The van der Waals surface area contributed by atoms with Crippen LogP contribution in [0.4, 0.5) is 17.2 Å². The SMILES string of the molecule is Cc1ccc(N=Nc2cnn(Cc3ccc[n+](C)c3)c2N)cc1.